The number of fused-ring (bicyclic) bond motifs is 1. The fourth-order valence-electron chi connectivity index (χ4n) is 3.50. The standard InChI is InChI=1S/C22H23N3O2/c1-17-15-20(27-23-17)16-24-11-13-25(14-12-24)22(26)10-9-19-7-4-6-18-5-2-3-8-21(18)19/h2-10,15H,11-14,16H2,1H3/b10-9+. The summed E-state index contributed by atoms with van der Waals surface area (Å²) in [5.41, 5.74) is 1.97. The zero-order valence-corrected chi connectivity index (χ0v) is 15.5. The fraction of sp³-hybridized carbons (Fsp3) is 0.273. The van der Waals surface area contributed by atoms with Crippen molar-refractivity contribution in [3.8, 4) is 0 Å². The van der Waals surface area contributed by atoms with Gasteiger partial charge in [0.05, 0.1) is 12.2 Å². The van der Waals surface area contributed by atoms with Gasteiger partial charge in [-0.3, -0.25) is 9.69 Å². The number of benzene rings is 2. The van der Waals surface area contributed by atoms with E-state index in [1.807, 2.05) is 48.2 Å². The van der Waals surface area contributed by atoms with E-state index in [1.54, 1.807) is 6.08 Å². The normalized spacial score (nSPS) is 15.7. The fourth-order valence-corrected chi connectivity index (χ4v) is 3.50. The number of carbonyl (C=O) groups is 1. The maximum Gasteiger partial charge on any atom is 0.246 e. The van der Waals surface area contributed by atoms with Crippen LogP contribution in [-0.2, 0) is 11.3 Å². The summed E-state index contributed by atoms with van der Waals surface area (Å²) in [6.45, 7) is 5.81. The Bertz CT molecular complexity index is 963. The van der Waals surface area contributed by atoms with Crippen molar-refractivity contribution in [1.29, 1.82) is 0 Å². The van der Waals surface area contributed by atoms with E-state index in [9.17, 15) is 4.79 Å². The molecule has 1 fully saturated rings. The molecule has 5 heteroatoms. The van der Waals surface area contributed by atoms with E-state index in [0.717, 1.165) is 55.1 Å². The van der Waals surface area contributed by atoms with E-state index in [4.69, 9.17) is 4.52 Å². The average molecular weight is 361 g/mol. The third-order valence-electron chi connectivity index (χ3n) is 4.97. The summed E-state index contributed by atoms with van der Waals surface area (Å²) in [5, 5.41) is 6.27. The van der Waals surface area contributed by atoms with Crippen LogP contribution in [0.4, 0.5) is 0 Å². The van der Waals surface area contributed by atoms with Gasteiger partial charge >= 0.3 is 0 Å². The minimum Gasteiger partial charge on any atom is -0.360 e. The molecule has 1 amide bonds. The first-order valence-corrected chi connectivity index (χ1v) is 9.28. The zero-order chi connectivity index (χ0) is 18.6. The monoisotopic (exact) mass is 361 g/mol. The van der Waals surface area contributed by atoms with Crippen LogP contribution in [0.5, 0.6) is 0 Å². The number of hydrogen-bond acceptors (Lipinski definition) is 4. The van der Waals surface area contributed by atoms with Crippen molar-refractivity contribution in [2.24, 2.45) is 0 Å². The van der Waals surface area contributed by atoms with Crippen molar-refractivity contribution in [1.82, 2.24) is 15.0 Å². The van der Waals surface area contributed by atoms with E-state index < -0.39 is 0 Å². The van der Waals surface area contributed by atoms with Crippen molar-refractivity contribution in [2.75, 3.05) is 26.2 Å². The highest BCUT2D eigenvalue weighted by Crippen LogP contribution is 2.19. The van der Waals surface area contributed by atoms with Gasteiger partial charge in [0.1, 0.15) is 0 Å². The molecule has 1 aliphatic rings. The molecule has 0 radical (unpaired) electrons. The summed E-state index contributed by atoms with van der Waals surface area (Å²) in [5.74, 6) is 0.946. The maximum absolute atomic E-state index is 12.6. The summed E-state index contributed by atoms with van der Waals surface area (Å²) < 4.78 is 5.28. The molecule has 1 saturated heterocycles. The Hall–Kier alpha value is -2.92. The number of nitrogens with zero attached hydrogens (tertiary/aromatic N) is 3. The topological polar surface area (TPSA) is 49.6 Å². The van der Waals surface area contributed by atoms with Gasteiger partial charge in [-0.05, 0) is 29.3 Å². The van der Waals surface area contributed by atoms with Gasteiger partial charge in [-0.25, -0.2) is 0 Å². The molecule has 0 bridgehead atoms. The molecule has 5 nitrogen and oxygen atoms in total. The van der Waals surface area contributed by atoms with Gasteiger partial charge in [0.2, 0.25) is 5.91 Å². The molecule has 0 saturated carbocycles. The molecule has 0 aliphatic carbocycles. The minimum absolute atomic E-state index is 0.0677. The quantitative estimate of drug-likeness (QED) is 0.668. The Morgan fingerprint density at radius 2 is 1.89 bits per heavy atom. The van der Waals surface area contributed by atoms with Crippen LogP contribution >= 0.6 is 0 Å². The van der Waals surface area contributed by atoms with E-state index in [2.05, 4.69) is 28.3 Å². The highest BCUT2D eigenvalue weighted by Gasteiger charge is 2.20. The Balaban J connectivity index is 1.36. The van der Waals surface area contributed by atoms with Crippen LogP contribution in [0.1, 0.15) is 17.0 Å². The highest BCUT2D eigenvalue weighted by molar-refractivity contribution is 5.96. The Labute approximate surface area is 158 Å². The van der Waals surface area contributed by atoms with E-state index in [1.165, 1.54) is 5.39 Å². The van der Waals surface area contributed by atoms with Gasteiger partial charge < -0.3 is 9.42 Å². The summed E-state index contributed by atoms with van der Waals surface area (Å²) in [4.78, 5) is 16.8. The Morgan fingerprint density at radius 3 is 2.67 bits per heavy atom. The number of aryl methyl sites for hydroxylation is 1. The molecule has 0 atom stereocenters. The molecule has 0 N–H and O–H groups in total. The van der Waals surface area contributed by atoms with Crippen molar-refractivity contribution in [3.63, 3.8) is 0 Å². The first kappa shape index (κ1) is 17.5. The SMILES string of the molecule is Cc1cc(CN2CCN(C(=O)/C=C/c3cccc4ccccc34)CC2)on1. The molecule has 138 valence electrons. The smallest absolute Gasteiger partial charge is 0.246 e. The minimum atomic E-state index is 0.0677. The Morgan fingerprint density at radius 1 is 1.11 bits per heavy atom. The van der Waals surface area contributed by atoms with Gasteiger partial charge in [-0.15, -0.1) is 0 Å². The molecule has 27 heavy (non-hydrogen) atoms. The molecular weight excluding hydrogens is 338 g/mol. The summed E-state index contributed by atoms with van der Waals surface area (Å²) >= 11 is 0. The van der Waals surface area contributed by atoms with E-state index in [0.29, 0.717) is 0 Å². The summed E-state index contributed by atoms with van der Waals surface area (Å²) in [6, 6.07) is 16.3. The summed E-state index contributed by atoms with van der Waals surface area (Å²) in [6.07, 6.45) is 3.62. The number of aromatic nitrogens is 1. The lowest BCUT2D eigenvalue weighted by molar-refractivity contribution is -0.127. The maximum atomic E-state index is 12.6. The molecule has 2 heterocycles. The largest absolute Gasteiger partial charge is 0.360 e. The number of carbonyl (C=O) groups excluding carboxylic acids is 1. The van der Waals surface area contributed by atoms with E-state index >= 15 is 0 Å². The lowest BCUT2D eigenvalue weighted by Gasteiger charge is -2.33. The van der Waals surface area contributed by atoms with Gasteiger partial charge in [-0.2, -0.15) is 0 Å². The van der Waals surface area contributed by atoms with Crippen LogP contribution < -0.4 is 0 Å². The lowest BCUT2D eigenvalue weighted by Crippen LogP contribution is -2.47. The summed E-state index contributed by atoms with van der Waals surface area (Å²) in [7, 11) is 0. The first-order valence-electron chi connectivity index (χ1n) is 9.28. The van der Waals surface area contributed by atoms with Crippen LogP contribution in [-0.4, -0.2) is 47.0 Å². The van der Waals surface area contributed by atoms with Crippen molar-refractivity contribution in [2.45, 2.75) is 13.5 Å². The Kier molecular flexibility index (Phi) is 5.03. The van der Waals surface area contributed by atoms with Gasteiger partial charge in [0.25, 0.3) is 0 Å². The molecular formula is C22H23N3O2. The number of rotatable bonds is 4. The third kappa shape index (κ3) is 4.09. The average Bonchev–Trinajstić information content (AvgIpc) is 3.11. The molecule has 0 unspecified atom stereocenters. The molecule has 0 spiro atoms. The second-order valence-electron chi connectivity index (χ2n) is 6.94. The van der Waals surface area contributed by atoms with Crippen molar-refractivity contribution < 1.29 is 9.32 Å². The van der Waals surface area contributed by atoms with E-state index in [-0.39, 0.29) is 5.91 Å². The van der Waals surface area contributed by atoms with Crippen molar-refractivity contribution >= 4 is 22.8 Å². The molecule has 4 rings (SSSR count). The van der Waals surface area contributed by atoms with Crippen LogP contribution in [0.2, 0.25) is 0 Å². The van der Waals surface area contributed by atoms with Crippen LogP contribution in [0.3, 0.4) is 0 Å². The molecule has 1 aliphatic heterocycles. The zero-order valence-electron chi connectivity index (χ0n) is 15.5. The number of piperazine rings is 1. The highest BCUT2D eigenvalue weighted by atomic mass is 16.5. The van der Waals surface area contributed by atoms with Crippen molar-refractivity contribution in [3.05, 3.63) is 71.6 Å². The molecule has 1 aromatic heterocycles. The second kappa shape index (κ2) is 7.76. The van der Waals surface area contributed by atoms with Crippen LogP contribution in [0.25, 0.3) is 16.8 Å². The number of hydrogen-bond donors (Lipinski definition) is 0. The second-order valence-corrected chi connectivity index (χ2v) is 6.94. The lowest BCUT2D eigenvalue weighted by atomic mass is 10.0. The van der Waals surface area contributed by atoms with Gasteiger partial charge in [0, 0.05) is 38.3 Å². The molecule has 3 aromatic rings. The van der Waals surface area contributed by atoms with Gasteiger partial charge in [0.15, 0.2) is 5.76 Å². The molecule has 2 aromatic carbocycles. The number of amides is 1. The van der Waals surface area contributed by atoms with Crippen LogP contribution in [0, 0.1) is 6.92 Å². The third-order valence-corrected chi connectivity index (χ3v) is 4.97. The predicted molar refractivity (Wildman–Crippen MR) is 106 cm³/mol. The van der Waals surface area contributed by atoms with Crippen LogP contribution in [0.15, 0.2) is 59.1 Å². The van der Waals surface area contributed by atoms with Gasteiger partial charge in [-0.1, -0.05) is 47.6 Å². The predicted octanol–water partition coefficient (Wildman–Crippen LogP) is 3.49. The first-order chi connectivity index (χ1) is 13.2.